The Kier molecular flexibility index (Phi) is 8.08. The van der Waals surface area contributed by atoms with Crippen LogP contribution in [0.5, 0.6) is 0 Å². The van der Waals surface area contributed by atoms with Gasteiger partial charge >= 0.3 is 18.2 Å². The average Bonchev–Trinajstić information content (AvgIpc) is 3.49. The molecule has 7 atom stereocenters. The summed E-state index contributed by atoms with van der Waals surface area (Å²) in [5.74, 6) is -19.3. The molecule has 0 aliphatic heterocycles. The normalized spacial score (nSPS) is 38.6. The SMILES string of the molecule is CCC(C(F)(F)F)C1(F)C2C=CC(C2)C1(F)F.CCC(F)(F)OC1(F)C2C=CC(C2)C1(F)F.CF. The number of fused-ring (bicyclic) bond motifs is 4. The molecule has 4 aliphatic rings. The van der Waals surface area contributed by atoms with Gasteiger partial charge in [0.05, 0.1) is 13.1 Å². The number of hydrogen-bond acceptors (Lipinski definition) is 1. The minimum absolute atomic E-state index is 0.177. The van der Waals surface area contributed by atoms with E-state index in [9.17, 15) is 52.7 Å². The summed E-state index contributed by atoms with van der Waals surface area (Å²) in [4.78, 5) is 0. The van der Waals surface area contributed by atoms with Gasteiger partial charge in [-0.1, -0.05) is 38.2 Å². The van der Waals surface area contributed by atoms with Gasteiger partial charge in [0.2, 0.25) is 0 Å². The molecule has 4 aliphatic carbocycles. The number of allylic oxidation sites excluding steroid dienone is 3. The summed E-state index contributed by atoms with van der Waals surface area (Å²) in [6.07, 6.45) is -6.07. The molecule has 0 radical (unpaired) electrons. The van der Waals surface area contributed by atoms with Gasteiger partial charge in [-0.25, -0.2) is 17.6 Å². The van der Waals surface area contributed by atoms with Crippen molar-refractivity contribution in [3.05, 3.63) is 24.3 Å². The van der Waals surface area contributed by atoms with E-state index >= 15 is 0 Å². The molecule has 1 nitrogen and oxygen atoms in total. The van der Waals surface area contributed by atoms with Crippen molar-refractivity contribution < 1.29 is 57.4 Å². The third-order valence-corrected chi connectivity index (χ3v) is 7.10. The summed E-state index contributed by atoms with van der Waals surface area (Å²) in [6.45, 7) is 2.13. The third-order valence-electron chi connectivity index (χ3n) is 7.10. The van der Waals surface area contributed by atoms with E-state index in [0.29, 0.717) is 7.18 Å². The molecule has 0 N–H and O–H groups in total. The molecule has 0 aromatic heterocycles. The number of hydrogen-bond donors (Lipinski definition) is 0. The molecule has 13 heteroatoms. The first-order chi connectivity index (χ1) is 15.9. The van der Waals surface area contributed by atoms with E-state index in [1.54, 1.807) is 0 Å². The Morgan fingerprint density at radius 2 is 1.17 bits per heavy atom. The van der Waals surface area contributed by atoms with Crippen molar-refractivity contribution in [3.63, 3.8) is 0 Å². The van der Waals surface area contributed by atoms with Crippen LogP contribution >= 0.6 is 0 Å². The van der Waals surface area contributed by atoms with Crippen LogP contribution < -0.4 is 0 Å². The van der Waals surface area contributed by atoms with Crippen LogP contribution in [0.3, 0.4) is 0 Å². The molecule has 4 rings (SSSR count). The van der Waals surface area contributed by atoms with Gasteiger partial charge in [0.15, 0.2) is 5.67 Å². The summed E-state index contributed by atoms with van der Waals surface area (Å²) in [5.41, 5.74) is -3.49. The first-order valence-electron chi connectivity index (χ1n) is 10.9. The van der Waals surface area contributed by atoms with Crippen molar-refractivity contribution in [3.8, 4) is 0 Å². The van der Waals surface area contributed by atoms with Gasteiger partial charge in [0, 0.05) is 30.1 Å². The molecule has 204 valence electrons. The van der Waals surface area contributed by atoms with Crippen LogP contribution in [0.4, 0.5) is 52.7 Å². The van der Waals surface area contributed by atoms with Gasteiger partial charge < -0.3 is 0 Å². The molecule has 0 aromatic carbocycles. The van der Waals surface area contributed by atoms with Gasteiger partial charge in [-0.05, 0) is 19.3 Å². The number of rotatable bonds is 5. The van der Waals surface area contributed by atoms with Crippen LogP contribution in [0, 0.1) is 29.6 Å². The molecule has 2 saturated carbocycles. The lowest BCUT2D eigenvalue weighted by atomic mass is 9.75. The Labute approximate surface area is 194 Å². The minimum atomic E-state index is -4.94. The van der Waals surface area contributed by atoms with Crippen molar-refractivity contribution in [2.75, 3.05) is 7.18 Å². The summed E-state index contributed by atoms with van der Waals surface area (Å²) in [6, 6.07) is 0. The maximum atomic E-state index is 14.4. The molecular formula is C22H26F12O. The lowest BCUT2D eigenvalue weighted by molar-refractivity contribution is -0.387. The fourth-order valence-corrected chi connectivity index (χ4v) is 5.24. The Hall–Kier alpha value is -1.40. The monoisotopic (exact) mass is 534 g/mol. The molecule has 2 fully saturated rings. The van der Waals surface area contributed by atoms with E-state index in [1.165, 1.54) is 6.08 Å². The van der Waals surface area contributed by atoms with E-state index in [-0.39, 0.29) is 12.8 Å². The zero-order chi connectivity index (χ0) is 27.3. The smallest absolute Gasteiger partial charge is 0.276 e. The fraction of sp³-hybridized carbons (Fsp3) is 0.818. The second kappa shape index (κ2) is 9.48. The predicted molar refractivity (Wildman–Crippen MR) is 102 cm³/mol. The Morgan fingerprint density at radius 1 is 0.743 bits per heavy atom. The molecule has 7 unspecified atom stereocenters. The molecule has 35 heavy (non-hydrogen) atoms. The lowest BCUT2D eigenvalue weighted by Crippen LogP contribution is -2.56. The number of ether oxygens (including phenoxy) is 1. The van der Waals surface area contributed by atoms with Crippen LogP contribution in [0.15, 0.2) is 24.3 Å². The van der Waals surface area contributed by atoms with Crippen LogP contribution in [0.1, 0.15) is 39.5 Å². The van der Waals surface area contributed by atoms with Crippen LogP contribution in [-0.2, 0) is 4.74 Å². The number of alkyl halides is 12. The standard InChI is InChI=1S/C11H12F6.C10H11F5O.CH3F/c1-2-8(11(15,16)17)9(12)6-3-4-7(5-6)10(9,13)14;1-2-8(11,12)16-10(15)7-4-3-6(5-7)9(10,13)14;1-2/h3-4,6-8H,2,5H2,1H3;3-4,6-7H,2,5H2,1H3;1H3. The highest BCUT2D eigenvalue weighted by Gasteiger charge is 2.76. The molecule has 0 saturated heterocycles. The number of halogens is 12. The van der Waals surface area contributed by atoms with Gasteiger partial charge in [-0.15, -0.1) is 0 Å². The van der Waals surface area contributed by atoms with Gasteiger partial charge in [0.1, 0.15) is 0 Å². The van der Waals surface area contributed by atoms with E-state index in [2.05, 4.69) is 4.74 Å². The van der Waals surface area contributed by atoms with Crippen LogP contribution in [0.2, 0.25) is 0 Å². The van der Waals surface area contributed by atoms with Gasteiger partial charge in [-0.2, -0.15) is 30.7 Å². The lowest BCUT2D eigenvalue weighted by Gasteiger charge is -2.40. The zero-order valence-corrected chi connectivity index (χ0v) is 19.0. The second-order valence-electron chi connectivity index (χ2n) is 8.92. The van der Waals surface area contributed by atoms with E-state index < -0.39 is 78.1 Å². The molecular weight excluding hydrogens is 508 g/mol. The highest BCUT2D eigenvalue weighted by atomic mass is 19.4. The topological polar surface area (TPSA) is 9.23 Å². The van der Waals surface area contributed by atoms with Crippen LogP contribution in [-0.4, -0.2) is 42.8 Å². The van der Waals surface area contributed by atoms with E-state index in [1.807, 2.05) is 0 Å². The summed E-state index contributed by atoms with van der Waals surface area (Å²) in [7, 11) is 0.500. The first kappa shape index (κ1) is 29.8. The van der Waals surface area contributed by atoms with Crippen molar-refractivity contribution >= 4 is 0 Å². The van der Waals surface area contributed by atoms with Crippen molar-refractivity contribution in [2.24, 2.45) is 29.6 Å². The van der Waals surface area contributed by atoms with Crippen LogP contribution in [0.25, 0.3) is 0 Å². The second-order valence-corrected chi connectivity index (χ2v) is 8.92. The molecule has 0 amide bonds. The van der Waals surface area contributed by atoms with Gasteiger partial charge in [-0.3, -0.25) is 9.13 Å². The third kappa shape index (κ3) is 4.58. The molecule has 4 bridgehead atoms. The quantitative estimate of drug-likeness (QED) is 0.255. The van der Waals surface area contributed by atoms with Crippen molar-refractivity contribution in [2.45, 2.75) is 75.2 Å². The molecule has 0 spiro atoms. The summed E-state index contributed by atoms with van der Waals surface area (Å²) < 4.78 is 160. The van der Waals surface area contributed by atoms with Crippen molar-refractivity contribution in [1.29, 1.82) is 0 Å². The van der Waals surface area contributed by atoms with Crippen molar-refractivity contribution in [1.82, 2.24) is 0 Å². The Bertz CT molecular complexity index is 807. The summed E-state index contributed by atoms with van der Waals surface area (Å²) >= 11 is 0. The summed E-state index contributed by atoms with van der Waals surface area (Å²) in [5, 5.41) is 0. The zero-order valence-electron chi connectivity index (χ0n) is 19.0. The highest BCUT2D eigenvalue weighted by Crippen LogP contribution is 2.64. The Balaban J connectivity index is 0.000000231. The maximum absolute atomic E-state index is 14.4. The maximum Gasteiger partial charge on any atom is 0.395 e. The Morgan fingerprint density at radius 3 is 1.51 bits per heavy atom. The molecule has 0 heterocycles. The minimum Gasteiger partial charge on any atom is -0.276 e. The average molecular weight is 534 g/mol. The van der Waals surface area contributed by atoms with E-state index in [0.717, 1.165) is 32.1 Å². The largest absolute Gasteiger partial charge is 0.395 e. The van der Waals surface area contributed by atoms with Gasteiger partial charge in [0.25, 0.3) is 11.8 Å². The fourth-order valence-electron chi connectivity index (χ4n) is 5.24. The highest BCUT2D eigenvalue weighted by molar-refractivity contribution is 5.27. The first-order valence-corrected chi connectivity index (χ1v) is 10.9. The predicted octanol–water partition coefficient (Wildman–Crippen LogP) is 8.22. The van der Waals surface area contributed by atoms with E-state index in [4.69, 9.17) is 0 Å². The molecule has 0 aromatic rings.